The Kier molecular flexibility index (Phi) is 4.52. The highest BCUT2D eigenvalue weighted by Crippen LogP contribution is 2.13. The van der Waals surface area contributed by atoms with E-state index in [0.717, 1.165) is 24.0 Å². The van der Waals surface area contributed by atoms with Crippen LogP contribution in [0, 0.1) is 6.92 Å². The van der Waals surface area contributed by atoms with Crippen LogP contribution in [0.2, 0.25) is 0 Å². The monoisotopic (exact) mass is 270 g/mol. The smallest absolute Gasteiger partial charge is 0.209 e. The van der Waals surface area contributed by atoms with E-state index in [1.165, 1.54) is 9.75 Å². The summed E-state index contributed by atoms with van der Waals surface area (Å²) < 4.78 is 1.70. The van der Waals surface area contributed by atoms with Crippen LogP contribution in [-0.4, -0.2) is 32.5 Å². The normalized spacial score (nSPS) is 10.9. The number of tetrazole rings is 1. The first-order valence-corrected chi connectivity index (χ1v) is 7.28. The van der Waals surface area contributed by atoms with Gasteiger partial charge in [0.25, 0.3) is 0 Å². The predicted octanol–water partition coefficient (Wildman–Crippen LogP) is 0.436. The maximum Gasteiger partial charge on any atom is 0.209 e. The highest BCUT2D eigenvalue weighted by Gasteiger charge is 2.03. The second-order valence-electron chi connectivity index (χ2n) is 3.73. The molecule has 2 aromatic heterocycles. The molecule has 0 aliphatic rings. The van der Waals surface area contributed by atoms with Crippen LogP contribution in [0.25, 0.3) is 0 Å². The Balaban J connectivity index is 1.62. The summed E-state index contributed by atoms with van der Waals surface area (Å²) in [5.41, 5.74) is 0. The summed E-state index contributed by atoms with van der Waals surface area (Å²) in [5, 5.41) is 14.5. The minimum absolute atomic E-state index is 0.880. The lowest BCUT2D eigenvalue weighted by molar-refractivity contribution is -0.666. The van der Waals surface area contributed by atoms with E-state index in [-0.39, 0.29) is 0 Å². The Labute approximate surface area is 109 Å². The van der Waals surface area contributed by atoms with Crippen molar-refractivity contribution in [2.45, 2.75) is 18.6 Å². The molecule has 0 fully saturated rings. The van der Waals surface area contributed by atoms with Crippen LogP contribution in [0.5, 0.6) is 0 Å². The van der Waals surface area contributed by atoms with Gasteiger partial charge in [0.1, 0.15) is 6.54 Å². The summed E-state index contributed by atoms with van der Waals surface area (Å²) in [7, 11) is 1.86. The molecule has 0 aromatic carbocycles. The lowest BCUT2D eigenvalue weighted by Gasteiger charge is -1.99. The number of thiophene rings is 1. The lowest BCUT2D eigenvalue weighted by atomic mass is 10.4. The van der Waals surface area contributed by atoms with Gasteiger partial charge in [-0.2, -0.15) is 0 Å². The molecule has 0 radical (unpaired) electrons. The van der Waals surface area contributed by atoms with E-state index >= 15 is 0 Å². The molecule has 92 valence electrons. The van der Waals surface area contributed by atoms with Gasteiger partial charge in [-0.15, -0.1) is 16.4 Å². The summed E-state index contributed by atoms with van der Waals surface area (Å²) >= 11 is 3.56. The van der Waals surface area contributed by atoms with E-state index in [9.17, 15) is 0 Å². The molecule has 0 aliphatic heterocycles. The van der Waals surface area contributed by atoms with Crippen LogP contribution in [0.1, 0.15) is 9.75 Å². The molecule has 2 aromatic rings. The van der Waals surface area contributed by atoms with Gasteiger partial charge in [-0.3, -0.25) is 0 Å². The van der Waals surface area contributed by atoms with Gasteiger partial charge in [0.05, 0.1) is 17.2 Å². The molecule has 0 amide bonds. The average Bonchev–Trinajstić information content (AvgIpc) is 2.88. The third-order valence-corrected chi connectivity index (χ3v) is 4.34. The first-order valence-electron chi connectivity index (χ1n) is 5.48. The molecule has 2 N–H and O–H groups in total. The predicted molar refractivity (Wildman–Crippen MR) is 69.1 cm³/mol. The third kappa shape index (κ3) is 3.79. The Bertz CT molecular complexity index is 465. The summed E-state index contributed by atoms with van der Waals surface area (Å²) in [6, 6.07) is 4.38. The van der Waals surface area contributed by atoms with Gasteiger partial charge in [-0.25, -0.2) is 4.68 Å². The molecular formula is C10H16N5S2+. The van der Waals surface area contributed by atoms with Crippen molar-refractivity contribution in [3.05, 3.63) is 21.9 Å². The van der Waals surface area contributed by atoms with Crippen molar-refractivity contribution in [3.8, 4) is 0 Å². The first kappa shape index (κ1) is 12.5. The largest absolute Gasteiger partial charge is 0.341 e. The molecule has 0 saturated heterocycles. The second kappa shape index (κ2) is 6.13. The van der Waals surface area contributed by atoms with Crippen molar-refractivity contribution in [2.75, 3.05) is 12.3 Å². The maximum absolute atomic E-state index is 3.93. The molecule has 7 heteroatoms. The molecule has 0 unspecified atom stereocenters. The number of rotatable bonds is 6. The van der Waals surface area contributed by atoms with Crippen LogP contribution >= 0.6 is 23.1 Å². The Morgan fingerprint density at radius 2 is 2.35 bits per heavy atom. The van der Waals surface area contributed by atoms with Gasteiger partial charge in [0.15, 0.2) is 0 Å². The van der Waals surface area contributed by atoms with E-state index in [2.05, 4.69) is 39.9 Å². The molecule has 0 bridgehead atoms. The van der Waals surface area contributed by atoms with E-state index in [1.807, 2.05) is 18.4 Å². The summed E-state index contributed by atoms with van der Waals surface area (Å²) in [5.74, 6) is 1.03. The summed E-state index contributed by atoms with van der Waals surface area (Å²) in [4.78, 5) is 2.82. The van der Waals surface area contributed by atoms with Gasteiger partial charge in [0.2, 0.25) is 5.16 Å². The highest BCUT2D eigenvalue weighted by atomic mass is 32.2. The zero-order chi connectivity index (χ0) is 12.1. The summed E-state index contributed by atoms with van der Waals surface area (Å²) in [6.07, 6.45) is 0. The van der Waals surface area contributed by atoms with Gasteiger partial charge in [-0.05, 0) is 29.5 Å². The molecular weight excluding hydrogens is 254 g/mol. The number of thioether (sulfide) groups is 1. The molecule has 2 heterocycles. The number of hydrogen-bond acceptors (Lipinski definition) is 5. The number of nitrogens with two attached hydrogens (primary N) is 1. The van der Waals surface area contributed by atoms with Gasteiger partial charge in [0, 0.05) is 11.9 Å². The van der Waals surface area contributed by atoms with Crippen molar-refractivity contribution >= 4 is 23.1 Å². The zero-order valence-electron chi connectivity index (χ0n) is 9.96. The van der Waals surface area contributed by atoms with Crippen molar-refractivity contribution in [2.24, 2.45) is 7.05 Å². The number of quaternary nitrogens is 1. The van der Waals surface area contributed by atoms with E-state index in [1.54, 1.807) is 16.4 Å². The Morgan fingerprint density at radius 1 is 1.47 bits per heavy atom. The molecule has 0 aliphatic carbocycles. The fourth-order valence-electron chi connectivity index (χ4n) is 1.42. The molecule has 0 atom stereocenters. The first-order chi connectivity index (χ1) is 8.25. The zero-order valence-corrected chi connectivity index (χ0v) is 11.6. The van der Waals surface area contributed by atoms with E-state index in [0.29, 0.717) is 0 Å². The fraction of sp³-hybridized carbons (Fsp3) is 0.500. The third-order valence-electron chi connectivity index (χ3n) is 2.28. The average molecular weight is 270 g/mol. The molecule has 17 heavy (non-hydrogen) atoms. The van der Waals surface area contributed by atoms with E-state index < -0.39 is 0 Å². The number of aromatic nitrogens is 4. The molecule has 5 nitrogen and oxygen atoms in total. The van der Waals surface area contributed by atoms with Crippen LogP contribution in [0.4, 0.5) is 0 Å². The maximum atomic E-state index is 3.93. The quantitative estimate of drug-likeness (QED) is 0.611. The van der Waals surface area contributed by atoms with Crippen molar-refractivity contribution in [3.63, 3.8) is 0 Å². The minimum Gasteiger partial charge on any atom is -0.341 e. The van der Waals surface area contributed by atoms with Crippen LogP contribution < -0.4 is 5.32 Å². The minimum atomic E-state index is 0.880. The standard InChI is InChI=1S/C10H15N5S2/c1-8-3-4-9(17-8)7-11-5-6-16-10-12-13-14-15(10)2/h3-4,11H,5-7H2,1-2H3/p+1. The number of aryl methyl sites for hydroxylation is 2. The number of nitrogens with zero attached hydrogens (tertiary/aromatic N) is 4. The SMILES string of the molecule is Cc1ccc(C[NH2+]CCSc2nnnn2C)s1. The van der Waals surface area contributed by atoms with E-state index in [4.69, 9.17) is 0 Å². The topological polar surface area (TPSA) is 60.2 Å². The Morgan fingerprint density at radius 3 is 3.00 bits per heavy atom. The van der Waals surface area contributed by atoms with Crippen molar-refractivity contribution in [1.29, 1.82) is 0 Å². The lowest BCUT2D eigenvalue weighted by Crippen LogP contribution is -2.83. The van der Waals surface area contributed by atoms with Crippen LogP contribution in [0.3, 0.4) is 0 Å². The van der Waals surface area contributed by atoms with Crippen LogP contribution in [0.15, 0.2) is 17.3 Å². The Hall–Kier alpha value is -0.920. The van der Waals surface area contributed by atoms with Gasteiger partial charge >= 0.3 is 0 Å². The van der Waals surface area contributed by atoms with Gasteiger partial charge in [-0.1, -0.05) is 11.8 Å². The van der Waals surface area contributed by atoms with Crippen molar-refractivity contribution in [1.82, 2.24) is 20.2 Å². The molecule has 0 spiro atoms. The second-order valence-corrected chi connectivity index (χ2v) is 6.16. The number of hydrogen-bond donors (Lipinski definition) is 1. The molecule has 2 rings (SSSR count). The highest BCUT2D eigenvalue weighted by molar-refractivity contribution is 7.99. The van der Waals surface area contributed by atoms with Crippen LogP contribution in [-0.2, 0) is 13.6 Å². The molecule has 0 saturated carbocycles. The van der Waals surface area contributed by atoms with Crippen molar-refractivity contribution < 1.29 is 5.32 Å². The fourth-order valence-corrected chi connectivity index (χ4v) is 3.09. The van der Waals surface area contributed by atoms with Gasteiger partial charge < -0.3 is 5.32 Å². The summed E-state index contributed by atoms with van der Waals surface area (Å²) in [6.45, 7) is 4.29.